The molecule has 0 heterocycles. The summed E-state index contributed by atoms with van der Waals surface area (Å²) in [5, 5.41) is 3.66. The van der Waals surface area contributed by atoms with Gasteiger partial charge in [-0.1, -0.05) is 25.4 Å². The maximum atomic E-state index is 12.8. The van der Waals surface area contributed by atoms with E-state index in [2.05, 4.69) is 19.2 Å². The Morgan fingerprint density at radius 1 is 1.35 bits per heavy atom. The summed E-state index contributed by atoms with van der Waals surface area (Å²) in [5.41, 5.74) is 0. The zero-order valence-electron chi connectivity index (χ0n) is 10.3. The summed E-state index contributed by atoms with van der Waals surface area (Å²) in [4.78, 5) is 0. The lowest BCUT2D eigenvalue weighted by molar-refractivity contribution is 0.305. The molecule has 1 aromatic rings. The summed E-state index contributed by atoms with van der Waals surface area (Å²) in [5.74, 6) is 0.202. The molecule has 0 aliphatic carbocycles. The van der Waals surface area contributed by atoms with Crippen LogP contribution >= 0.6 is 11.6 Å². The minimum Gasteiger partial charge on any atom is -0.492 e. The third-order valence-corrected chi connectivity index (χ3v) is 2.57. The molecule has 1 aromatic carbocycles. The highest BCUT2D eigenvalue weighted by atomic mass is 35.5. The zero-order valence-corrected chi connectivity index (χ0v) is 11.1. The van der Waals surface area contributed by atoms with Crippen LogP contribution in [0, 0.1) is 5.82 Å². The Hall–Kier alpha value is -0.800. The van der Waals surface area contributed by atoms with Crippen molar-refractivity contribution in [2.75, 3.05) is 13.2 Å². The first kappa shape index (κ1) is 14.3. The second-order valence-corrected chi connectivity index (χ2v) is 4.65. The maximum absolute atomic E-state index is 12.8. The highest BCUT2D eigenvalue weighted by molar-refractivity contribution is 6.32. The molecule has 0 amide bonds. The van der Waals surface area contributed by atoms with Gasteiger partial charge in [0.25, 0.3) is 0 Å². The molecule has 0 aromatic heterocycles. The average molecular weight is 260 g/mol. The van der Waals surface area contributed by atoms with Gasteiger partial charge in [0, 0.05) is 6.04 Å². The van der Waals surface area contributed by atoms with Gasteiger partial charge < -0.3 is 10.1 Å². The van der Waals surface area contributed by atoms with Crippen molar-refractivity contribution in [3.05, 3.63) is 29.0 Å². The first-order chi connectivity index (χ1) is 8.09. The van der Waals surface area contributed by atoms with Crippen LogP contribution in [-0.4, -0.2) is 19.2 Å². The van der Waals surface area contributed by atoms with E-state index in [1.54, 1.807) is 6.07 Å². The third-order valence-electron chi connectivity index (χ3n) is 2.28. The Labute approximate surface area is 107 Å². The van der Waals surface area contributed by atoms with E-state index < -0.39 is 0 Å². The molecular weight excluding hydrogens is 241 g/mol. The maximum Gasteiger partial charge on any atom is 0.138 e. The van der Waals surface area contributed by atoms with E-state index >= 15 is 0 Å². The number of hydrogen-bond donors (Lipinski definition) is 1. The van der Waals surface area contributed by atoms with E-state index in [4.69, 9.17) is 16.3 Å². The van der Waals surface area contributed by atoms with Gasteiger partial charge in [-0.25, -0.2) is 4.39 Å². The van der Waals surface area contributed by atoms with Crippen LogP contribution < -0.4 is 10.1 Å². The van der Waals surface area contributed by atoms with Crippen molar-refractivity contribution in [3.8, 4) is 5.75 Å². The normalized spacial score (nSPS) is 10.9. The summed E-state index contributed by atoms with van der Waals surface area (Å²) < 4.78 is 18.2. The second kappa shape index (κ2) is 7.51. The van der Waals surface area contributed by atoms with Gasteiger partial charge in [0.05, 0.1) is 11.6 Å². The van der Waals surface area contributed by atoms with Gasteiger partial charge in [-0.15, -0.1) is 0 Å². The fraction of sp³-hybridized carbons (Fsp3) is 0.538. The lowest BCUT2D eigenvalue weighted by Gasteiger charge is -2.09. The van der Waals surface area contributed by atoms with Crippen molar-refractivity contribution in [1.82, 2.24) is 5.32 Å². The fourth-order valence-corrected chi connectivity index (χ4v) is 1.61. The van der Waals surface area contributed by atoms with Crippen LogP contribution in [0.3, 0.4) is 0 Å². The van der Waals surface area contributed by atoms with Crippen LogP contribution in [0.25, 0.3) is 0 Å². The molecule has 0 atom stereocenters. The molecule has 96 valence electrons. The SMILES string of the molecule is CC(C)NCCCCOc1ccc(F)cc1Cl. The Kier molecular flexibility index (Phi) is 6.30. The van der Waals surface area contributed by atoms with Crippen molar-refractivity contribution >= 4 is 11.6 Å². The van der Waals surface area contributed by atoms with Gasteiger partial charge in [0.1, 0.15) is 11.6 Å². The van der Waals surface area contributed by atoms with E-state index in [1.165, 1.54) is 12.1 Å². The average Bonchev–Trinajstić information content (AvgIpc) is 2.25. The van der Waals surface area contributed by atoms with Gasteiger partial charge >= 0.3 is 0 Å². The van der Waals surface area contributed by atoms with Crippen molar-refractivity contribution < 1.29 is 9.13 Å². The van der Waals surface area contributed by atoms with Gasteiger partial charge in [0.15, 0.2) is 0 Å². The molecule has 0 fully saturated rings. The fourth-order valence-electron chi connectivity index (χ4n) is 1.39. The first-order valence-electron chi connectivity index (χ1n) is 5.91. The Bertz CT molecular complexity index is 344. The predicted molar refractivity (Wildman–Crippen MR) is 69.3 cm³/mol. The molecule has 0 aliphatic rings. The van der Waals surface area contributed by atoms with E-state index in [1.807, 2.05) is 0 Å². The highest BCUT2D eigenvalue weighted by Crippen LogP contribution is 2.24. The molecule has 0 bridgehead atoms. The third kappa shape index (κ3) is 5.89. The molecular formula is C13H19ClFNO. The molecule has 17 heavy (non-hydrogen) atoms. The standard InChI is InChI=1S/C13H19ClFNO/c1-10(2)16-7-3-4-8-17-13-6-5-11(15)9-12(13)14/h5-6,9-10,16H,3-4,7-8H2,1-2H3. The molecule has 1 rings (SSSR count). The van der Waals surface area contributed by atoms with Crippen molar-refractivity contribution in [1.29, 1.82) is 0 Å². The summed E-state index contributed by atoms with van der Waals surface area (Å²) >= 11 is 5.83. The highest BCUT2D eigenvalue weighted by Gasteiger charge is 2.02. The molecule has 0 aliphatic heterocycles. The molecule has 0 unspecified atom stereocenters. The Morgan fingerprint density at radius 3 is 2.76 bits per heavy atom. The van der Waals surface area contributed by atoms with Crippen LogP contribution in [0.15, 0.2) is 18.2 Å². The van der Waals surface area contributed by atoms with Crippen molar-refractivity contribution in [2.45, 2.75) is 32.7 Å². The molecule has 2 nitrogen and oxygen atoms in total. The zero-order chi connectivity index (χ0) is 12.7. The number of benzene rings is 1. The van der Waals surface area contributed by atoms with Gasteiger partial charge in [-0.05, 0) is 37.6 Å². The monoisotopic (exact) mass is 259 g/mol. The lowest BCUT2D eigenvalue weighted by Crippen LogP contribution is -2.23. The molecule has 4 heteroatoms. The summed E-state index contributed by atoms with van der Waals surface area (Å²) in [6, 6.07) is 4.69. The predicted octanol–water partition coefficient (Wildman–Crippen LogP) is 3.64. The Balaban J connectivity index is 2.18. The summed E-state index contributed by atoms with van der Waals surface area (Å²) in [7, 11) is 0. The van der Waals surface area contributed by atoms with Gasteiger partial charge in [-0.2, -0.15) is 0 Å². The van der Waals surface area contributed by atoms with Crippen LogP contribution in [0.1, 0.15) is 26.7 Å². The molecule has 0 radical (unpaired) electrons. The van der Waals surface area contributed by atoms with Crippen molar-refractivity contribution in [3.63, 3.8) is 0 Å². The van der Waals surface area contributed by atoms with E-state index in [0.29, 0.717) is 23.4 Å². The number of rotatable bonds is 7. The largest absolute Gasteiger partial charge is 0.492 e. The van der Waals surface area contributed by atoms with Gasteiger partial charge in [0.2, 0.25) is 0 Å². The number of halogens is 2. The quantitative estimate of drug-likeness (QED) is 0.755. The van der Waals surface area contributed by atoms with E-state index in [9.17, 15) is 4.39 Å². The van der Waals surface area contributed by atoms with E-state index in [0.717, 1.165) is 19.4 Å². The number of ether oxygens (including phenoxy) is 1. The summed E-state index contributed by atoms with van der Waals surface area (Å²) in [6.07, 6.45) is 2.00. The molecule has 0 saturated heterocycles. The van der Waals surface area contributed by atoms with Crippen LogP contribution in [0.2, 0.25) is 5.02 Å². The first-order valence-corrected chi connectivity index (χ1v) is 6.28. The van der Waals surface area contributed by atoms with Crippen LogP contribution in [0.5, 0.6) is 5.75 Å². The Morgan fingerprint density at radius 2 is 2.12 bits per heavy atom. The smallest absolute Gasteiger partial charge is 0.138 e. The topological polar surface area (TPSA) is 21.3 Å². The lowest BCUT2D eigenvalue weighted by atomic mass is 10.3. The minimum atomic E-state index is -0.344. The molecule has 1 N–H and O–H groups in total. The number of hydrogen-bond acceptors (Lipinski definition) is 2. The minimum absolute atomic E-state index is 0.324. The number of unbranched alkanes of at least 4 members (excludes halogenated alkanes) is 1. The second-order valence-electron chi connectivity index (χ2n) is 4.24. The molecule has 0 spiro atoms. The van der Waals surface area contributed by atoms with Gasteiger partial charge in [-0.3, -0.25) is 0 Å². The van der Waals surface area contributed by atoms with Crippen LogP contribution in [-0.2, 0) is 0 Å². The van der Waals surface area contributed by atoms with Crippen LogP contribution in [0.4, 0.5) is 4.39 Å². The van der Waals surface area contributed by atoms with Crippen molar-refractivity contribution in [2.24, 2.45) is 0 Å². The summed E-state index contributed by atoms with van der Waals surface area (Å²) in [6.45, 7) is 5.83. The van der Waals surface area contributed by atoms with E-state index in [-0.39, 0.29) is 5.82 Å². The molecule has 0 saturated carbocycles. The number of nitrogens with one attached hydrogen (secondary N) is 1.